The number of nitriles is 1. The van der Waals surface area contributed by atoms with Crippen molar-refractivity contribution < 1.29 is 9.18 Å². The molecular weight excluding hydrogens is 665 g/mol. The van der Waals surface area contributed by atoms with Gasteiger partial charge in [-0.25, -0.2) is 9.37 Å². The van der Waals surface area contributed by atoms with Gasteiger partial charge < -0.3 is 15.5 Å². The summed E-state index contributed by atoms with van der Waals surface area (Å²) in [4.78, 5) is 20.7. The molecule has 0 aliphatic rings. The van der Waals surface area contributed by atoms with E-state index in [1.54, 1.807) is 12.1 Å². The lowest BCUT2D eigenvalue weighted by atomic mass is 9.88. The summed E-state index contributed by atoms with van der Waals surface area (Å²) in [5.41, 5.74) is 13.8. The number of halogens is 2. The quantitative estimate of drug-likeness (QED) is 0.103. The molecule has 0 atom stereocenters. The topological polar surface area (TPSA) is 86.2 Å². The standard InChI is InChI=1S/C25H26BrFN4.C15H23NO/c1-4-5-6-10-18-23(16-12-13-21(27)20(26)14-16)19(15-28)25(29)30-24(18)17-9-7-8-11-22(17)31(2)3;1-4-5-6-7-8-15(17)13-9-11-14(12-10-13)16(2)3/h7-9,11-14H,4-6,10H2,1-3H3,(H2,29,30);9-12H,4-8H2,1-3H3. The van der Waals surface area contributed by atoms with E-state index in [0.29, 0.717) is 16.5 Å². The first kappa shape index (κ1) is 38.2. The molecule has 6 nitrogen and oxygen atoms in total. The highest BCUT2D eigenvalue weighted by molar-refractivity contribution is 9.10. The SMILES string of the molecule is CCCCCCC(=O)c1ccc(N(C)C)cc1.CCCCCc1c(-c2ccccc2N(C)C)nc(N)c(C#N)c1-c1ccc(F)c(Br)c1. The first-order chi connectivity index (χ1) is 23.0. The van der Waals surface area contributed by atoms with Crippen molar-refractivity contribution in [2.75, 3.05) is 43.7 Å². The number of benzene rings is 3. The molecule has 48 heavy (non-hydrogen) atoms. The van der Waals surface area contributed by atoms with Gasteiger partial charge in [-0.3, -0.25) is 4.79 Å². The number of Topliss-reactive ketones (excluding diaryl/α,β-unsaturated/α-hetero) is 1. The number of ketones is 1. The van der Waals surface area contributed by atoms with Gasteiger partial charge in [0.15, 0.2) is 5.78 Å². The van der Waals surface area contributed by atoms with E-state index in [0.717, 1.165) is 83.4 Å². The predicted molar refractivity (Wildman–Crippen MR) is 203 cm³/mol. The number of rotatable bonds is 14. The maximum atomic E-state index is 14.0. The van der Waals surface area contributed by atoms with Crippen molar-refractivity contribution in [3.05, 3.63) is 93.7 Å². The molecule has 4 rings (SSSR count). The molecule has 4 aromatic rings. The van der Waals surface area contributed by atoms with Crippen LogP contribution in [0.2, 0.25) is 0 Å². The summed E-state index contributed by atoms with van der Waals surface area (Å²) in [5, 5.41) is 9.92. The third-order valence-electron chi connectivity index (χ3n) is 8.28. The van der Waals surface area contributed by atoms with E-state index in [1.165, 1.54) is 18.9 Å². The Bertz CT molecular complexity index is 1700. The van der Waals surface area contributed by atoms with E-state index in [-0.39, 0.29) is 17.4 Å². The fraction of sp³-hybridized carbons (Fsp3) is 0.375. The third-order valence-corrected chi connectivity index (χ3v) is 8.89. The van der Waals surface area contributed by atoms with Crippen molar-refractivity contribution in [1.82, 2.24) is 4.98 Å². The summed E-state index contributed by atoms with van der Waals surface area (Å²) in [5.74, 6) is 0.0992. The number of aromatic nitrogens is 1. The van der Waals surface area contributed by atoms with Gasteiger partial charge in [0.2, 0.25) is 0 Å². The van der Waals surface area contributed by atoms with Crippen LogP contribution in [-0.2, 0) is 6.42 Å². The Morgan fingerprint density at radius 2 is 1.56 bits per heavy atom. The highest BCUT2D eigenvalue weighted by Gasteiger charge is 2.23. The number of pyridine rings is 1. The Balaban J connectivity index is 0.000000311. The minimum atomic E-state index is -0.352. The van der Waals surface area contributed by atoms with Gasteiger partial charge in [-0.1, -0.05) is 70.2 Å². The Kier molecular flexibility index (Phi) is 15.1. The number of unbranched alkanes of at least 4 members (excludes halogenated alkanes) is 5. The molecule has 254 valence electrons. The molecule has 0 aliphatic carbocycles. The van der Waals surface area contributed by atoms with E-state index in [4.69, 9.17) is 10.7 Å². The first-order valence-corrected chi connectivity index (χ1v) is 17.6. The van der Waals surface area contributed by atoms with Gasteiger partial charge in [0.1, 0.15) is 23.3 Å². The van der Waals surface area contributed by atoms with Gasteiger partial charge >= 0.3 is 0 Å². The second-order valence-electron chi connectivity index (χ2n) is 12.4. The second-order valence-corrected chi connectivity index (χ2v) is 13.2. The van der Waals surface area contributed by atoms with Crippen LogP contribution in [0.4, 0.5) is 21.6 Å². The van der Waals surface area contributed by atoms with E-state index >= 15 is 0 Å². The number of nitrogen functional groups attached to an aromatic ring is 1. The Morgan fingerprint density at radius 3 is 2.17 bits per heavy atom. The smallest absolute Gasteiger partial charge is 0.162 e. The molecule has 0 aliphatic heterocycles. The van der Waals surface area contributed by atoms with Crippen molar-refractivity contribution in [3.8, 4) is 28.5 Å². The number of anilines is 3. The second kappa shape index (κ2) is 18.9. The molecule has 0 unspecified atom stereocenters. The van der Waals surface area contributed by atoms with Crippen molar-refractivity contribution in [3.63, 3.8) is 0 Å². The number of carbonyl (C=O) groups excluding carboxylic acids is 1. The van der Waals surface area contributed by atoms with Gasteiger partial charge in [-0.2, -0.15) is 5.26 Å². The number of para-hydroxylation sites is 1. The third kappa shape index (κ3) is 10.1. The zero-order valence-electron chi connectivity index (χ0n) is 29.2. The minimum absolute atomic E-state index is 0.181. The van der Waals surface area contributed by atoms with E-state index in [2.05, 4.69) is 35.8 Å². The maximum Gasteiger partial charge on any atom is 0.162 e. The molecule has 2 N–H and O–H groups in total. The van der Waals surface area contributed by atoms with Crippen LogP contribution in [-0.4, -0.2) is 39.0 Å². The largest absolute Gasteiger partial charge is 0.383 e. The van der Waals surface area contributed by atoms with Crippen LogP contribution >= 0.6 is 15.9 Å². The van der Waals surface area contributed by atoms with Crippen molar-refractivity contribution in [2.24, 2.45) is 0 Å². The molecule has 0 radical (unpaired) electrons. The number of carbonyl (C=O) groups is 1. The number of nitrogens with zero attached hydrogens (tertiary/aromatic N) is 4. The fourth-order valence-corrected chi connectivity index (χ4v) is 5.99. The summed E-state index contributed by atoms with van der Waals surface area (Å²) in [6, 6.07) is 22.9. The van der Waals surface area contributed by atoms with Crippen molar-refractivity contribution in [1.29, 1.82) is 5.26 Å². The monoisotopic (exact) mass is 713 g/mol. The zero-order chi connectivity index (χ0) is 35.2. The summed E-state index contributed by atoms with van der Waals surface area (Å²) in [6.07, 6.45) is 9.15. The highest BCUT2D eigenvalue weighted by Crippen LogP contribution is 2.41. The number of nitrogens with two attached hydrogens (primary N) is 1. The average Bonchev–Trinajstić information content (AvgIpc) is 3.08. The van der Waals surface area contributed by atoms with Gasteiger partial charge in [0.05, 0.1) is 10.2 Å². The zero-order valence-corrected chi connectivity index (χ0v) is 30.8. The van der Waals surface area contributed by atoms with Crippen molar-refractivity contribution in [2.45, 2.75) is 71.6 Å². The number of hydrogen-bond acceptors (Lipinski definition) is 6. The molecule has 8 heteroatoms. The van der Waals surface area contributed by atoms with Crippen molar-refractivity contribution >= 4 is 38.9 Å². The van der Waals surface area contributed by atoms with Crippen LogP contribution in [0.5, 0.6) is 0 Å². The molecule has 0 amide bonds. The molecule has 1 aromatic heterocycles. The van der Waals surface area contributed by atoms with Gasteiger partial charge in [0, 0.05) is 62.7 Å². The first-order valence-electron chi connectivity index (χ1n) is 16.8. The van der Waals surface area contributed by atoms with E-state index in [1.807, 2.05) is 86.5 Å². The molecule has 0 spiro atoms. The molecule has 0 saturated heterocycles. The summed E-state index contributed by atoms with van der Waals surface area (Å²) >= 11 is 3.28. The lowest BCUT2D eigenvalue weighted by molar-refractivity contribution is 0.0979. The average molecular weight is 715 g/mol. The van der Waals surface area contributed by atoms with Gasteiger partial charge in [-0.15, -0.1) is 0 Å². The molecular formula is C40H49BrFN5O. The van der Waals surface area contributed by atoms with Crippen LogP contribution in [0, 0.1) is 17.1 Å². The Hall–Kier alpha value is -4.22. The molecule has 0 bridgehead atoms. The minimum Gasteiger partial charge on any atom is -0.383 e. The highest BCUT2D eigenvalue weighted by atomic mass is 79.9. The lowest BCUT2D eigenvalue weighted by Gasteiger charge is -2.22. The Labute approximate surface area is 294 Å². The van der Waals surface area contributed by atoms with Crippen LogP contribution in [0.25, 0.3) is 22.4 Å². The molecule has 0 saturated carbocycles. The lowest BCUT2D eigenvalue weighted by Crippen LogP contribution is -2.12. The van der Waals surface area contributed by atoms with Crippen LogP contribution < -0.4 is 15.5 Å². The van der Waals surface area contributed by atoms with Gasteiger partial charge in [0.25, 0.3) is 0 Å². The Morgan fingerprint density at radius 1 is 0.896 bits per heavy atom. The summed E-state index contributed by atoms with van der Waals surface area (Å²) in [7, 11) is 7.98. The fourth-order valence-electron chi connectivity index (χ4n) is 5.61. The summed E-state index contributed by atoms with van der Waals surface area (Å²) in [6.45, 7) is 4.34. The molecule has 0 fully saturated rings. The predicted octanol–water partition coefficient (Wildman–Crippen LogP) is 10.5. The van der Waals surface area contributed by atoms with Crippen LogP contribution in [0.15, 0.2) is 71.2 Å². The van der Waals surface area contributed by atoms with E-state index < -0.39 is 0 Å². The van der Waals surface area contributed by atoms with Gasteiger partial charge in [-0.05, 0) is 88.8 Å². The maximum absolute atomic E-state index is 14.0. The van der Waals surface area contributed by atoms with E-state index in [9.17, 15) is 14.4 Å². The van der Waals surface area contributed by atoms with Crippen LogP contribution in [0.1, 0.15) is 86.7 Å². The number of hydrogen-bond donors (Lipinski definition) is 1. The normalized spacial score (nSPS) is 10.6. The van der Waals surface area contributed by atoms with Crippen LogP contribution in [0.3, 0.4) is 0 Å². The summed E-state index contributed by atoms with van der Waals surface area (Å²) < 4.78 is 14.3. The molecule has 3 aromatic carbocycles. The molecule has 1 heterocycles.